The Morgan fingerprint density at radius 3 is 2.30 bits per heavy atom. The number of fused-ring (bicyclic) bond motifs is 2. The van der Waals surface area contributed by atoms with Crippen LogP contribution >= 0.6 is 0 Å². The first kappa shape index (κ1) is 15.1. The van der Waals surface area contributed by atoms with Crippen LogP contribution in [0.15, 0.2) is 48.5 Å². The van der Waals surface area contributed by atoms with E-state index >= 15 is 0 Å². The lowest BCUT2D eigenvalue weighted by atomic mass is 9.96. The van der Waals surface area contributed by atoms with Crippen LogP contribution in [0, 0.1) is 0 Å². The highest BCUT2D eigenvalue weighted by Gasteiger charge is 2.25. The molecule has 0 aliphatic carbocycles. The number of hydrazine groups is 2. The van der Waals surface area contributed by atoms with Crippen molar-refractivity contribution >= 4 is 23.0 Å². The molecule has 0 atom stereocenters. The van der Waals surface area contributed by atoms with Crippen molar-refractivity contribution in [2.75, 3.05) is 4.90 Å². The number of anilines is 1. The predicted octanol–water partition coefficient (Wildman–Crippen LogP) is 1.39. The van der Waals surface area contributed by atoms with Crippen LogP contribution in [-0.2, 0) is 11.3 Å². The van der Waals surface area contributed by atoms with Gasteiger partial charge in [0.25, 0.3) is 0 Å². The Labute approximate surface area is 134 Å². The van der Waals surface area contributed by atoms with Crippen molar-refractivity contribution in [2.24, 2.45) is 17.4 Å². The van der Waals surface area contributed by atoms with Crippen LogP contribution < -0.4 is 22.3 Å². The molecular formula is C17H19N5O. The average molecular weight is 309 g/mol. The van der Waals surface area contributed by atoms with E-state index in [1.807, 2.05) is 48.5 Å². The van der Waals surface area contributed by atoms with Crippen LogP contribution in [0.4, 0.5) is 5.69 Å². The number of hydrogen-bond acceptors (Lipinski definition) is 5. The highest BCUT2D eigenvalue weighted by atomic mass is 16.2. The summed E-state index contributed by atoms with van der Waals surface area (Å²) in [6.07, 6.45) is 0. The topological polar surface area (TPSA) is 102 Å². The van der Waals surface area contributed by atoms with Crippen LogP contribution in [0.2, 0.25) is 0 Å². The average Bonchev–Trinajstić information content (AvgIpc) is 2.52. The molecule has 0 unspecified atom stereocenters. The third-order valence-corrected chi connectivity index (χ3v) is 3.98. The minimum atomic E-state index is -0.0623. The number of amides is 1. The van der Waals surface area contributed by atoms with E-state index < -0.39 is 0 Å². The molecule has 0 saturated heterocycles. The van der Waals surface area contributed by atoms with Gasteiger partial charge in [-0.2, -0.15) is 0 Å². The Hall–Kier alpha value is -2.83. The van der Waals surface area contributed by atoms with E-state index in [-0.39, 0.29) is 5.91 Å². The monoisotopic (exact) mass is 309 g/mol. The zero-order valence-corrected chi connectivity index (χ0v) is 12.9. The van der Waals surface area contributed by atoms with E-state index in [4.69, 9.17) is 17.4 Å². The first-order valence-electron chi connectivity index (χ1n) is 7.25. The van der Waals surface area contributed by atoms with Gasteiger partial charge in [0.15, 0.2) is 0 Å². The zero-order chi connectivity index (χ0) is 16.6. The Kier molecular flexibility index (Phi) is 3.77. The summed E-state index contributed by atoms with van der Waals surface area (Å²) < 4.78 is 0. The molecule has 2 aromatic rings. The molecule has 6 nitrogen and oxygen atoms in total. The first-order chi connectivity index (χ1) is 11.0. The van der Waals surface area contributed by atoms with Crippen molar-refractivity contribution in [3.63, 3.8) is 0 Å². The minimum absolute atomic E-state index is 0.0623. The van der Waals surface area contributed by atoms with Gasteiger partial charge in [-0.1, -0.05) is 42.5 Å². The molecule has 0 spiro atoms. The van der Waals surface area contributed by atoms with Crippen molar-refractivity contribution in [3.05, 3.63) is 65.2 Å². The predicted molar refractivity (Wildman–Crippen MR) is 91.0 cm³/mol. The van der Waals surface area contributed by atoms with Crippen LogP contribution in [0.3, 0.4) is 0 Å². The van der Waals surface area contributed by atoms with E-state index in [1.54, 1.807) is 4.90 Å². The number of nitrogens with zero attached hydrogens (tertiary/aromatic N) is 2. The number of nitrogens with two attached hydrogens (primary N) is 3. The SMILES string of the molecule is CC(=O)N1Cc2ccccc2/C(N)=C(/N(N)N)c2ccccc21. The lowest BCUT2D eigenvalue weighted by Gasteiger charge is -2.31. The fourth-order valence-electron chi connectivity index (χ4n) is 2.92. The Balaban J connectivity index is 2.38. The first-order valence-corrected chi connectivity index (χ1v) is 7.25. The van der Waals surface area contributed by atoms with Gasteiger partial charge in [-0.3, -0.25) is 4.79 Å². The maximum absolute atomic E-state index is 12.2. The summed E-state index contributed by atoms with van der Waals surface area (Å²) in [4.78, 5) is 13.9. The lowest BCUT2D eigenvalue weighted by molar-refractivity contribution is -0.116. The molecule has 118 valence electrons. The summed E-state index contributed by atoms with van der Waals surface area (Å²) in [5.41, 5.74) is 10.6. The maximum Gasteiger partial charge on any atom is 0.224 e. The molecule has 2 aromatic carbocycles. The lowest BCUT2D eigenvalue weighted by Crippen LogP contribution is -2.39. The molecule has 0 saturated carbocycles. The second-order valence-corrected chi connectivity index (χ2v) is 5.45. The summed E-state index contributed by atoms with van der Waals surface area (Å²) >= 11 is 0. The van der Waals surface area contributed by atoms with Crippen molar-refractivity contribution in [2.45, 2.75) is 13.5 Å². The van der Waals surface area contributed by atoms with Crippen LogP contribution in [0.25, 0.3) is 11.4 Å². The number of para-hydroxylation sites is 1. The number of hydrogen-bond donors (Lipinski definition) is 3. The van der Waals surface area contributed by atoms with Gasteiger partial charge < -0.3 is 10.6 Å². The van der Waals surface area contributed by atoms with Crippen LogP contribution in [0.5, 0.6) is 0 Å². The zero-order valence-electron chi connectivity index (χ0n) is 12.9. The highest BCUT2D eigenvalue weighted by Crippen LogP contribution is 2.35. The van der Waals surface area contributed by atoms with E-state index in [0.29, 0.717) is 17.9 Å². The van der Waals surface area contributed by atoms with Gasteiger partial charge in [0.05, 0.1) is 17.9 Å². The smallest absolute Gasteiger partial charge is 0.224 e. The van der Waals surface area contributed by atoms with Gasteiger partial charge in [0, 0.05) is 18.1 Å². The molecule has 6 heteroatoms. The summed E-state index contributed by atoms with van der Waals surface area (Å²) in [6, 6.07) is 15.1. The Morgan fingerprint density at radius 1 is 1.04 bits per heavy atom. The van der Waals surface area contributed by atoms with Gasteiger partial charge in [0.2, 0.25) is 5.91 Å². The van der Waals surface area contributed by atoms with Crippen molar-refractivity contribution in [1.29, 1.82) is 0 Å². The molecule has 23 heavy (non-hydrogen) atoms. The van der Waals surface area contributed by atoms with E-state index in [9.17, 15) is 4.79 Å². The number of carbonyl (C=O) groups excluding carboxylic acids is 1. The quantitative estimate of drug-likeness (QED) is 0.546. The van der Waals surface area contributed by atoms with Gasteiger partial charge in [0.1, 0.15) is 5.70 Å². The second kappa shape index (κ2) is 5.75. The molecule has 1 aliphatic heterocycles. The van der Waals surface area contributed by atoms with E-state index in [2.05, 4.69) is 0 Å². The molecule has 0 bridgehead atoms. The van der Waals surface area contributed by atoms with Crippen molar-refractivity contribution < 1.29 is 4.79 Å². The number of rotatable bonds is 1. The van der Waals surface area contributed by atoms with Crippen molar-refractivity contribution in [1.82, 2.24) is 5.12 Å². The molecule has 3 rings (SSSR count). The molecular weight excluding hydrogens is 290 g/mol. The molecule has 6 N–H and O–H groups in total. The van der Waals surface area contributed by atoms with Gasteiger partial charge in [-0.05, 0) is 11.6 Å². The van der Waals surface area contributed by atoms with Gasteiger partial charge >= 0.3 is 0 Å². The third kappa shape index (κ3) is 2.54. The summed E-state index contributed by atoms with van der Waals surface area (Å²) in [5.74, 6) is 11.6. The van der Waals surface area contributed by atoms with Crippen LogP contribution in [0.1, 0.15) is 23.6 Å². The number of benzene rings is 2. The molecule has 0 radical (unpaired) electrons. The largest absolute Gasteiger partial charge is 0.396 e. The van der Waals surface area contributed by atoms with Crippen molar-refractivity contribution in [3.8, 4) is 0 Å². The van der Waals surface area contributed by atoms with E-state index in [1.165, 1.54) is 6.92 Å². The summed E-state index contributed by atoms with van der Waals surface area (Å²) in [6.45, 7) is 1.97. The summed E-state index contributed by atoms with van der Waals surface area (Å²) in [5, 5.41) is 1.01. The molecule has 0 aromatic heterocycles. The van der Waals surface area contributed by atoms with Gasteiger partial charge in [-0.25, -0.2) is 16.8 Å². The molecule has 1 heterocycles. The molecule has 0 fully saturated rings. The third-order valence-electron chi connectivity index (χ3n) is 3.98. The standard InChI is InChI=1S/C17H19N5O/c1-11(23)21-10-12-6-2-3-7-13(12)16(18)17(22(19)20)14-8-4-5-9-15(14)21/h2-9H,10,18-20H2,1H3/b17-16-. The fraction of sp³-hybridized carbons (Fsp3) is 0.118. The normalized spacial score (nSPS) is 16.9. The molecule has 1 amide bonds. The highest BCUT2D eigenvalue weighted by molar-refractivity contribution is 6.00. The fourth-order valence-corrected chi connectivity index (χ4v) is 2.92. The van der Waals surface area contributed by atoms with E-state index in [0.717, 1.165) is 27.5 Å². The Morgan fingerprint density at radius 2 is 1.65 bits per heavy atom. The molecule has 1 aliphatic rings. The minimum Gasteiger partial charge on any atom is -0.396 e. The number of carbonyl (C=O) groups is 1. The second-order valence-electron chi connectivity index (χ2n) is 5.45. The van der Waals surface area contributed by atoms with Crippen LogP contribution in [-0.4, -0.2) is 11.0 Å². The summed E-state index contributed by atoms with van der Waals surface area (Å²) in [7, 11) is 0. The maximum atomic E-state index is 12.2. The Bertz CT molecular complexity index is 797. The van der Waals surface area contributed by atoms with Gasteiger partial charge in [-0.15, -0.1) is 0 Å².